The normalized spacial score (nSPS) is 12.2. The van der Waals surface area contributed by atoms with Crippen molar-refractivity contribution in [3.05, 3.63) is 35.8 Å². The molecule has 0 bridgehead atoms. The first-order valence-corrected chi connectivity index (χ1v) is 7.89. The first kappa shape index (κ1) is 16.0. The molecule has 21 heavy (non-hydrogen) atoms. The third-order valence-electron chi connectivity index (χ3n) is 3.99. The van der Waals surface area contributed by atoms with E-state index in [-0.39, 0.29) is 0 Å². The average Bonchev–Trinajstić information content (AvgIpc) is 2.73. The molecule has 0 fully saturated rings. The van der Waals surface area contributed by atoms with E-state index in [1.165, 1.54) is 5.69 Å². The summed E-state index contributed by atoms with van der Waals surface area (Å²) in [6.45, 7) is 14.0. The lowest BCUT2D eigenvalue weighted by molar-refractivity contribution is 0.175. The second-order valence-electron chi connectivity index (χ2n) is 6.17. The lowest BCUT2D eigenvalue weighted by atomic mass is 10.2. The molecule has 4 nitrogen and oxygen atoms in total. The second-order valence-corrected chi connectivity index (χ2v) is 6.17. The minimum Gasteiger partial charge on any atom is -0.310 e. The second kappa shape index (κ2) is 7.05. The molecule has 4 heteroatoms. The summed E-state index contributed by atoms with van der Waals surface area (Å²) >= 11 is 0. The van der Waals surface area contributed by atoms with Gasteiger partial charge >= 0.3 is 0 Å². The third kappa shape index (κ3) is 3.83. The standard InChI is InChI=1S/C17H28N4/c1-13(2)20(14(3)4)11-9-18-12-16-15(5)19-17-8-6-7-10-21(16)17/h6-8,10,13-14,18H,9,11-12H2,1-5H3. The highest BCUT2D eigenvalue weighted by Gasteiger charge is 2.13. The van der Waals surface area contributed by atoms with Crippen molar-refractivity contribution in [1.82, 2.24) is 19.6 Å². The summed E-state index contributed by atoms with van der Waals surface area (Å²) in [6, 6.07) is 7.31. The van der Waals surface area contributed by atoms with Gasteiger partial charge in [0.1, 0.15) is 5.65 Å². The molecule has 116 valence electrons. The molecule has 0 aliphatic carbocycles. The van der Waals surface area contributed by atoms with Crippen molar-refractivity contribution in [3.8, 4) is 0 Å². The Morgan fingerprint density at radius 3 is 2.57 bits per heavy atom. The summed E-state index contributed by atoms with van der Waals surface area (Å²) in [5.74, 6) is 0. The molecular weight excluding hydrogens is 260 g/mol. The van der Waals surface area contributed by atoms with Crippen LogP contribution in [0.5, 0.6) is 0 Å². The van der Waals surface area contributed by atoms with Crippen LogP contribution in [0.1, 0.15) is 39.1 Å². The number of aryl methyl sites for hydroxylation is 1. The highest BCUT2D eigenvalue weighted by Crippen LogP contribution is 2.11. The van der Waals surface area contributed by atoms with Crippen LogP contribution in [0.15, 0.2) is 24.4 Å². The molecule has 2 aromatic rings. The number of fused-ring (bicyclic) bond motifs is 1. The Morgan fingerprint density at radius 1 is 1.19 bits per heavy atom. The Kier molecular flexibility index (Phi) is 5.37. The molecule has 2 rings (SSSR count). The van der Waals surface area contributed by atoms with E-state index in [0.29, 0.717) is 12.1 Å². The number of nitrogens with zero attached hydrogens (tertiary/aromatic N) is 3. The summed E-state index contributed by atoms with van der Waals surface area (Å²) in [7, 11) is 0. The Hall–Kier alpha value is -1.39. The van der Waals surface area contributed by atoms with Gasteiger partial charge < -0.3 is 9.72 Å². The molecule has 2 heterocycles. The molecule has 0 radical (unpaired) electrons. The number of hydrogen-bond donors (Lipinski definition) is 1. The van der Waals surface area contributed by atoms with Crippen LogP contribution in [-0.4, -0.2) is 39.5 Å². The fraction of sp³-hybridized carbons (Fsp3) is 0.588. The molecular formula is C17H28N4. The van der Waals surface area contributed by atoms with Crippen LogP contribution in [-0.2, 0) is 6.54 Å². The van der Waals surface area contributed by atoms with Gasteiger partial charge in [-0.25, -0.2) is 4.98 Å². The van der Waals surface area contributed by atoms with Crippen LogP contribution in [0.4, 0.5) is 0 Å². The Bertz CT molecular complexity index is 563. The predicted molar refractivity (Wildman–Crippen MR) is 88.6 cm³/mol. The van der Waals surface area contributed by atoms with E-state index in [4.69, 9.17) is 0 Å². The molecule has 0 atom stereocenters. The number of aromatic nitrogens is 2. The minimum atomic E-state index is 0.587. The third-order valence-corrected chi connectivity index (χ3v) is 3.99. The SMILES string of the molecule is Cc1nc2ccccn2c1CNCCN(C(C)C)C(C)C. The molecule has 0 unspecified atom stereocenters. The molecule has 0 saturated heterocycles. The molecule has 0 aromatic carbocycles. The van der Waals surface area contributed by atoms with Gasteiger partial charge in [-0.2, -0.15) is 0 Å². The van der Waals surface area contributed by atoms with Crippen molar-refractivity contribution in [1.29, 1.82) is 0 Å². The van der Waals surface area contributed by atoms with Crippen molar-refractivity contribution in [2.75, 3.05) is 13.1 Å². The van der Waals surface area contributed by atoms with Crippen LogP contribution in [0, 0.1) is 6.92 Å². The molecule has 0 amide bonds. The maximum atomic E-state index is 4.60. The average molecular weight is 288 g/mol. The maximum Gasteiger partial charge on any atom is 0.137 e. The van der Waals surface area contributed by atoms with Gasteiger partial charge in [0.2, 0.25) is 0 Å². The summed E-state index contributed by atoms with van der Waals surface area (Å²) < 4.78 is 2.17. The van der Waals surface area contributed by atoms with Crippen molar-refractivity contribution in [2.24, 2.45) is 0 Å². The number of rotatable bonds is 7. The number of hydrogen-bond acceptors (Lipinski definition) is 3. The zero-order valence-electron chi connectivity index (χ0n) is 13.9. The van der Waals surface area contributed by atoms with Gasteiger partial charge in [-0.1, -0.05) is 6.07 Å². The van der Waals surface area contributed by atoms with Crippen LogP contribution in [0.25, 0.3) is 5.65 Å². The summed E-state index contributed by atoms with van der Waals surface area (Å²) in [4.78, 5) is 7.10. The zero-order valence-corrected chi connectivity index (χ0v) is 13.9. The van der Waals surface area contributed by atoms with Gasteiger partial charge in [0.25, 0.3) is 0 Å². The first-order chi connectivity index (χ1) is 10.0. The maximum absolute atomic E-state index is 4.60. The lowest BCUT2D eigenvalue weighted by Gasteiger charge is -2.30. The smallest absolute Gasteiger partial charge is 0.137 e. The van der Waals surface area contributed by atoms with Crippen molar-refractivity contribution in [3.63, 3.8) is 0 Å². The van der Waals surface area contributed by atoms with Gasteiger partial charge in [-0.15, -0.1) is 0 Å². The largest absolute Gasteiger partial charge is 0.310 e. The van der Waals surface area contributed by atoms with E-state index in [1.54, 1.807) is 0 Å². The van der Waals surface area contributed by atoms with Gasteiger partial charge in [0, 0.05) is 37.9 Å². The zero-order chi connectivity index (χ0) is 15.4. The quantitative estimate of drug-likeness (QED) is 0.795. The molecule has 0 saturated carbocycles. The Balaban J connectivity index is 1.92. The molecule has 0 aliphatic heterocycles. The Labute approximate surface area is 128 Å². The van der Waals surface area contributed by atoms with E-state index < -0.39 is 0 Å². The highest BCUT2D eigenvalue weighted by atomic mass is 15.2. The molecule has 2 aromatic heterocycles. The summed E-state index contributed by atoms with van der Waals surface area (Å²) in [5, 5.41) is 3.56. The number of imidazole rings is 1. The van der Waals surface area contributed by atoms with E-state index in [2.05, 4.69) is 72.5 Å². The Morgan fingerprint density at radius 2 is 1.90 bits per heavy atom. The number of pyridine rings is 1. The van der Waals surface area contributed by atoms with Crippen molar-refractivity contribution in [2.45, 2.75) is 53.2 Å². The van der Waals surface area contributed by atoms with E-state index in [1.807, 2.05) is 6.07 Å². The molecule has 1 N–H and O–H groups in total. The predicted octanol–water partition coefficient (Wildman–Crippen LogP) is 2.85. The summed E-state index contributed by atoms with van der Waals surface area (Å²) in [6.07, 6.45) is 2.08. The van der Waals surface area contributed by atoms with Gasteiger partial charge in [0.05, 0.1) is 11.4 Å². The highest BCUT2D eigenvalue weighted by molar-refractivity contribution is 5.42. The topological polar surface area (TPSA) is 32.6 Å². The van der Waals surface area contributed by atoms with E-state index in [9.17, 15) is 0 Å². The van der Waals surface area contributed by atoms with E-state index in [0.717, 1.165) is 31.0 Å². The van der Waals surface area contributed by atoms with Gasteiger partial charge in [-0.05, 0) is 46.8 Å². The summed E-state index contributed by atoms with van der Waals surface area (Å²) in [5.41, 5.74) is 3.39. The van der Waals surface area contributed by atoms with E-state index >= 15 is 0 Å². The minimum absolute atomic E-state index is 0.587. The number of nitrogens with one attached hydrogen (secondary N) is 1. The van der Waals surface area contributed by atoms with Crippen LogP contribution >= 0.6 is 0 Å². The fourth-order valence-electron chi connectivity index (χ4n) is 2.90. The first-order valence-electron chi connectivity index (χ1n) is 7.89. The van der Waals surface area contributed by atoms with Crippen LogP contribution in [0.2, 0.25) is 0 Å². The molecule has 0 aliphatic rings. The van der Waals surface area contributed by atoms with Gasteiger partial charge in [0.15, 0.2) is 0 Å². The van der Waals surface area contributed by atoms with Crippen molar-refractivity contribution < 1.29 is 0 Å². The monoisotopic (exact) mass is 288 g/mol. The van der Waals surface area contributed by atoms with Crippen molar-refractivity contribution >= 4 is 5.65 Å². The lowest BCUT2D eigenvalue weighted by Crippen LogP contribution is -2.41. The van der Waals surface area contributed by atoms with Gasteiger partial charge in [-0.3, -0.25) is 4.90 Å². The van der Waals surface area contributed by atoms with Crippen LogP contribution < -0.4 is 5.32 Å². The fourth-order valence-corrected chi connectivity index (χ4v) is 2.90. The molecule has 0 spiro atoms. The van der Waals surface area contributed by atoms with Crippen LogP contribution in [0.3, 0.4) is 0 Å².